The van der Waals surface area contributed by atoms with Crippen LogP contribution in [-0.4, -0.2) is 36.6 Å². The van der Waals surface area contributed by atoms with E-state index in [9.17, 15) is 9.59 Å². The highest BCUT2D eigenvalue weighted by molar-refractivity contribution is 6.03. The molecule has 1 aromatic carbocycles. The zero-order valence-corrected chi connectivity index (χ0v) is 12.5. The van der Waals surface area contributed by atoms with Gasteiger partial charge in [-0.2, -0.15) is 0 Å². The Morgan fingerprint density at radius 3 is 2.55 bits per heavy atom. The summed E-state index contributed by atoms with van der Waals surface area (Å²) >= 11 is 0. The van der Waals surface area contributed by atoms with Crippen LogP contribution in [0.5, 0.6) is 11.5 Å². The second-order valence-electron chi connectivity index (χ2n) is 5.59. The Morgan fingerprint density at radius 1 is 1.05 bits per heavy atom. The summed E-state index contributed by atoms with van der Waals surface area (Å²) in [4.78, 5) is 26.0. The maximum atomic E-state index is 12.2. The molecule has 1 aromatic rings. The summed E-state index contributed by atoms with van der Waals surface area (Å²) in [6, 6.07) is 5.19. The molecule has 0 bridgehead atoms. The first-order chi connectivity index (χ1) is 10.7. The number of carbonyl (C=O) groups excluding carboxylic acids is 2. The van der Waals surface area contributed by atoms with Crippen molar-refractivity contribution in [3.63, 3.8) is 0 Å². The van der Waals surface area contributed by atoms with Crippen molar-refractivity contribution in [2.45, 2.75) is 32.1 Å². The van der Waals surface area contributed by atoms with E-state index < -0.39 is 0 Å². The van der Waals surface area contributed by atoms with Crippen LogP contribution in [0.3, 0.4) is 0 Å². The van der Waals surface area contributed by atoms with Gasteiger partial charge in [-0.3, -0.25) is 9.59 Å². The molecular formula is C16H20N2O4. The van der Waals surface area contributed by atoms with Crippen LogP contribution in [0, 0.1) is 0 Å². The van der Waals surface area contributed by atoms with E-state index in [0.717, 1.165) is 38.8 Å². The number of rotatable bonds is 3. The molecule has 22 heavy (non-hydrogen) atoms. The van der Waals surface area contributed by atoms with E-state index in [1.54, 1.807) is 23.1 Å². The predicted octanol–water partition coefficient (Wildman–Crippen LogP) is 2.15. The van der Waals surface area contributed by atoms with Crippen LogP contribution >= 0.6 is 0 Å². The molecule has 2 aliphatic heterocycles. The van der Waals surface area contributed by atoms with E-state index >= 15 is 0 Å². The Morgan fingerprint density at radius 2 is 1.77 bits per heavy atom. The highest BCUT2D eigenvalue weighted by Gasteiger charge is 2.19. The molecular weight excluding hydrogens is 284 g/mol. The number of likely N-dealkylation sites (tertiary alicyclic amines) is 1. The third-order valence-electron chi connectivity index (χ3n) is 3.93. The van der Waals surface area contributed by atoms with E-state index in [1.165, 1.54) is 0 Å². The molecule has 2 aliphatic rings. The van der Waals surface area contributed by atoms with Crippen LogP contribution in [0.1, 0.15) is 32.1 Å². The molecule has 0 atom stereocenters. The van der Waals surface area contributed by atoms with Crippen molar-refractivity contribution in [1.29, 1.82) is 0 Å². The van der Waals surface area contributed by atoms with E-state index in [2.05, 4.69) is 5.32 Å². The smallest absolute Gasteiger partial charge is 0.233 e. The SMILES string of the molecule is O=C(CC(=O)N1CCCCCC1)Nc1ccc2c(c1)OCO2. The minimum atomic E-state index is -0.298. The zero-order valence-electron chi connectivity index (χ0n) is 12.5. The average Bonchev–Trinajstić information content (AvgIpc) is 2.79. The van der Waals surface area contributed by atoms with Gasteiger partial charge in [0.15, 0.2) is 11.5 Å². The lowest BCUT2D eigenvalue weighted by Crippen LogP contribution is -2.34. The monoisotopic (exact) mass is 304 g/mol. The Kier molecular flexibility index (Phi) is 4.46. The van der Waals surface area contributed by atoms with Crippen LogP contribution in [0.2, 0.25) is 0 Å². The number of amides is 2. The molecule has 0 saturated carbocycles. The number of hydrogen-bond donors (Lipinski definition) is 1. The first-order valence-corrected chi connectivity index (χ1v) is 7.70. The fourth-order valence-electron chi connectivity index (χ4n) is 2.75. The first kappa shape index (κ1) is 14.7. The van der Waals surface area contributed by atoms with Crippen molar-refractivity contribution in [3.05, 3.63) is 18.2 Å². The van der Waals surface area contributed by atoms with Crippen molar-refractivity contribution in [1.82, 2.24) is 4.90 Å². The van der Waals surface area contributed by atoms with Gasteiger partial charge in [0.25, 0.3) is 0 Å². The number of fused-ring (bicyclic) bond motifs is 1. The van der Waals surface area contributed by atoms with Gasteiger partial charge in [0, 0.05) is 24.8 Å². The zero-order chi connectivity index (χ0) is 15.4. The lowest BCUT2D eigenvalue weighted by molar-refractivity contribution is -0.134. The van der Waals surface area contributed by atoms with Gasteiger partial charge in [-0.15, -0.1) is 0 Å². The van der Waals surface area contributed by atoms with E-state index in [1.807, 2.05) is 0 Å². The summed E-state index contributed by atoms with van der Waals surface area (Å²) in [6.07, 6.45) is 4.25. The summed E-state index contributed by atoms with van der Waals surface area (Å²) in [5.41, 5.74) is 0.609. The quantitative estimate of drug-likeness (QED) is 0.869. The van der Waals surface area contributed by atoms with Gasteiger partial charge < -0.3 is 19.7 Å². The molecule has 2 amide bonds. The maximum Gasteiger partial charge on any atom is 0.233 e. The van der Waals surface area contributed by atoms with Crippen molar-refractivity contribution < 1.29 is 19.1 Å². The standard InChI is InChI=1S/C16H20N2O4/c19-15(10-16(20)18-7-3-1-2-4-8-18)17-12-5-6-13-14(9-12)22-11-21-13/h5-6,9H,1-4,7-8,10-11H2,(H,17,19). The Bertz CT molecular complexity index is 565. The first-order valence-electron chi connectivity index (χ1n) is 7.70. The molecule has 0 radical (unpaired) electrons. The molecule has 2 heterocycles. The molecule has 0 spiro atoms. The molecule has 0 unspecified atom stereocenters. The second-order valence-corrected chi connectivity index (χ2v) is 5.59. The van der Waals surface area contributed by atoms with Crippen LogP contribution in [0.15, 0.2) is 18.2 Å². The number of nitrogens with one attached hydrogen (secondary N) is 1. The number of carbonyl (C=O) groups is 2. The summed E-state index contributed by atoms with van der Waals surface area (Å²) in [5.74, 6) is 0.878. The van der Waals surface area contributed by atoms with Crippen LogP contribution in [0.4, 0.5) is 5.69 Å². The van der Waals surface area contributed by atoms with Gasteiger partial charge in [-0.1, -0.05) is 12.8 Å². The summed E-state index contributed by atoms with van der Waals surface area (Å²) in [6.45, 7) is 1.71. The minimum absolute atomic E-state index is 0.0971. The second kappa shape index (κ2) is 6.68. The highest BCUT2D eigenvalue weighted by Crippen LogP contribution is 2.34. The van der Waals surface area contributed by atoms with E-state index in [4.69, 9.17) is 9.47 Å². The lowest BCUT2D eigenvalue weighted by Gasteiger charge is -2.19. The van der Waals surface area contributed by atoms with Gasteiger partial charge in [-0.25, -0.2) is 0 Å². The minimum Gasteiger partial charge on any atom is -0.454 e. The Hall–Kier alpha value is -2.24. The van der Waals surface area contributed by atoms with Crippen molar-refractivity contribution in [3.8, 4) is 11.5 Å². The summed E-state index contributed by atoms with van der Waals surface area (Å²) < 4.78 is 10.5. The normalized spacial score (nSPS) is 17.0. The fraction of sp³-hybridized carbons (Fsp3) is 0.500. The number of benzene rings is 1. The highest BCUT2D eigenvalue weighted by atomic mass is 16.7. The Balaban J connectivity index is 1.54. The van der Waals surface area contributed by atoms with Gasteiger partial charge >= 0.3 is 0 Å². The number of hydrogen-bond acceptors (Lipinski definition) is 4. The summed E-state index contributed by atoms with van der Waals surface area (Å²) in [5, 5.41) is 2.74. The van der Waals surface area contributed by atoms with Crippen molar-refractivity contribution in [2.75, 3.05) is 25.2 Å². The molecule has 1 N–H and O–H groups in total. The Labute approximate surface area is 129 Å². The largest absolute Gasteiger partial charge is 0.454 e. The summed E-state index contributed by atoms with van der Waals surface area (Å²) in [7, 11) is 0. The molecule has 3 rings (SSSR count). The topological polar surface area (TPSA) is 67.9 Å². The van der Waals surface area contributed by atoms with E-state index in [0.29, 0.717) is 17.2 Å². The third kappa shape index (κ3) is 3.50. The van der Waals surface area contributed by atoms with Gasteiger partial charge in [0.05, 0.1) is 0 Å². The predicted molar refractivity (Wildman–Crippen MR) is 80.9 cm³/mol. The van der Waals surface area contributed by atoms with Gasteiger partial charge in [0.2, 0.25) is 18.6 Å². The van der Waals surface area contributed by atoms with Crippen LogP contribution in [0.25, 0.3) is 0 Å². The van der Waals surface area contributed by atoms with Gasteiger partial charge in [0.1, 0.15) is 6.42 Å². The van der Waals surface area contributed by atoms with Gasteiger partial charge in [-0.05, 0) is 25.0 Å². The lowest BCUT2D eigenvalue weighted by atomic mass is 10.2. The van der Waals surface area contributed by atoms with Crippen molar-refractivity contribution in [2.24, 2.45) is 0 Å². The molecule has 0 aromatic heterocycles. The molecule has 1 saturated heterocycles. The average molecular weight is 304 g/mol. The fourth-order valence-corrected chi connectivity index (χ4v) is 2.75. The molecule has 1 fully saturated rings. The molecule has 118 valence electrons. The number of ether oxygens (including phenoxy) is 2. The van der Waals surface area contributed by atoms with Crippen molar-refractivity contribution >= 4 is 17.5 Å². The molecule has 6 heteroatoms. The number of anilines is 1. The maximum absolute atomic E-state index is 12.2. The van der Waals surface area contributed by atoms with Crippen LogP contribution in [-0.2, 0) is 9.59 Å². The molecule has 6 nitrogen and oxygen atoms in total. The molecule has 0 aliphatic carbocycles. The number of nitrogens with zero attached hydrogens (tertiary/aromatic N) is 1. The third-order valence-corrected chi connectivity index (χ3v) is 3.93. The van der Waals surface area contributed by atoms with E-state index in [-0.39, 0.29) is 25.0 Å². The van der Waals surface area contributed by atoms with Crippen LogP contribution < -0.4 is 14.8 Å².